The van der Waals surface area contributed by atoms with Crippen LogP contribution in [0.25, 0.3) is 0 Å². The van der Waals surface area contributed by atoms with Crippen LogP contribution in [0.15, 0.2) is 40.9 Å². The Morgan fingerprint density at radius 2 is 1.74 bits per heavy atom. The number of benzene rings is 2. The number of halogens is 2. The normalized spacial score (nSPS) is 10.7. The molecule has 0 radical (unpaired) electrons. The molecule has 0 atom stereocenters. The van der Waals surface area contributed by atoms with E-state index < -0.39 is 0 Å². The second-order valence-electron chi connectivity index (χ2n) is 4.77. The van der Waals surface area contributed by atoms with Gasteiger partial charge in [0.25, 0.3) is 0 Å². The molecule has 2 rings (SSSR count). The van der Waals surface area contributed by atoms with Crippen molar-refractivity contribution in [1.29, 1.82) is 0 Å². The summed E-state index contributed by atoms with van der Waals surface area (Å²) in [6, 6.07) is 11.2. The lowest BCUT2D eigenvalue weighted by atomic mass is 10.1. The van der Waals surface area contributed by atoms with Crippen molar-refractivity contribution in [2.75, 3.05) is 0 Å². The quantitative estimate of drug-likeness (QED) is 0.874. The Bertz CT molecular complexity index is 581. The van der Waals surface area contributed by atoms with E-state index >= 15 is 0 Å². The summed E-state index contributed by atoms with van der Waals surface area (Å²) in [6.07, 6.45) is 0. The van der Waals surface area contributed by atoms with Gasteiger partial charge in [-0.3, -0.25) is 0 Å². The Labute approximate surface area is 122 Å². The van der Waals surface area contributed by atoms with E-state index in [1.165, 1.54) is 22.8 Å². The Hall–Kier alpha value is -1.19. The van der Waals surface area contributed by atoms with Gasteiger partial charge >= 0.3 is 0 Å². The van der Waals surface area contributed by atoms with Gasteiger partial charge in [0.1, 0.15) is 5.82 Å². The minimum Gasteiger partial charge on any atom is -0.309 e. The van der Waals surface area contributed by atoms with Gasteiger partial charge in [0, 0.05) is 17.6 Å². The molecule has 2 aromatic carbocycles. The van der Waals surface area contributed by atoms with Crippen LogP contribution in [0.5, 0.6) is 0 Å². The van der Waals surface area contributed by atoms with E-state index in [1.807, 2.05) is 0 Å². The zero-order chi connectivity index (χ0) is 13.8. The summed E-state index contributed by atoms with van der Waals surface area (Å²) >= 11 is 3.43. The third kappa shape index (κ3) is 3.88. The fourth-order valence-electron chi connectivity index (χ4n) is 2.05. The number of hydrogen-bond donors (Lipinski definition) is 1. The van der Waals surface area contributed by atoms with Gasteiger partial charge in [-0.15, -0.1) is 0 Å². The molecule has 0 unspecified atom stereocenters. The topological polar surface area (TPSA) is 12.0 Å². The molecule has 0 saturated heterocycles. The van der Waals surface area contributed by atoms with Gasteiger partial charge in [0.2, 0.25) is 0 Å². The van der Waals surface area contributed by atoms with Gasteiger partial charge in [0.15, 0.2) is 0 Å². The van der Waals surface area contributed by atoms with E-state index in [0.29, 0.717) is 6.54 Å². The highest BCUT2D eigenvalue weighted by molar-refractivity contribution is 9.10. The lowest BCUT2D eigenvalue weighted by molar-refractivity contribution is 0.619. The zero-order valence-corrected chi connectivity index (χ0v) is 12.7. The van der Waals surface area contributed by atoms with Crippen molar-refractivity contribution >= 4 is 15.9 Å². The van der Waals surface area contributed by atoms with Crippen LogP contribution in [0, 0.1) is 19.7 Å². The second kappa shape index (κ2) is 6.31. The molecule has 2 aromatic rings. The first-order valence-corrected chi connectivity index (χ1v) is 7.06. The standard InChI is InChI=1S/C16H17BrFN/c1-11-3-4-13(12(2)7-11)9-19-10-14-8-15(18)5-6-16(14)17/h3-8,19H,9-10H2,1-2H3. The summed E-state index contributed by atoms with van der Waals surface area (Å²) in [4.78, 5) is 0. The Balaban J connectivity index is 1.98. The van der Waals surface area contributed by atoms with Crippen molar-refractivity contribution in [3.05, 3.63) is 68.9 Å². The largest absolute Gasteiger partial charge is 0.309 e. The first kappa shape index (κ1) is 14.2. The molecule has 0 aliphatic rings. The summed E-state index contributed by atoms with van der Waals surface area (Å²) in [5.74, 6) is -0.202. The van der Waals surface area contributed by atoms with Crippen molar-refractivity contribution in [1.82, 2.24) is 5.32 Å². The van der Waals surface area contributed by atoms with E-state index in [1.54, 1.807) is 12.1 Å². The van der Waals surface area contributed by atoms with Crippen molar-refractivity contribution in [3.63, 3.8) is 0 Å². The van der Waals surface area contributed by atoms with E-state index in [-0.39, 0.29) is 5.82 Å². The van der Waals surface area contributed by atoms with E-state index in [9.17, 15) is 4.39 Å². The van der Waals surface area contributed by atoms with Crippen LogP contribution in [0.2, 0.25) is 0 Å². The highest BCUT2D eigenvalue weighted by atomic mass is 79.9. The Morgan fingerprint density at radius 3 is 2.47 bits per heavy atom. The Morgan fingerprint density at radius 1 is 1.00 bits per heavy atom. The molecule has 0 fully saturated rings. The molecule has 0 aliphatic carbocycles. The number of aryl methyl sites for hydroxylation is 2. The van der Waals surface area contributed by atoms with E-state index in [2.05, 4.69) is 53.3 Å². The van der Waals surface area contributed by atoms with Crippen LogP contribution in [0.4, 0.5) is 4.39 Å². The zero-order valence-electron chi connectivity index (χ0n) is 11.1. The average molecular weight is 322 g/mol. The molecule has 0 bridgehead atoms. The smallest absolute Gasteiger partial charge is 0.123 e. The average Bonchev–Trinajstić information content (AvgIpc) is 2.36. The molecule has 100 valence electrons. The molecule has 0 amide bonds. The van der Waals surface area contributed by atoms with Crippen LogP contribution < -0.4 is 5.32 Å². The lowest BCUT2D eigenvalue weighted by Crippen LogP contribution is -2.14. The molecule has 1 nitrogen and oxygen atoms in total. The first-order chi connectivity index (χ1) is 9.06. The maximum atomic E-state index is 13.2. The fraction of sp³-hybridized carbons (Fsp3) is 0.250. The molecule has 0 aliphatic heterocycles. The lowest BCUT2D eigenvalue weighted by Gasteiger charge is -2.10. The molecule has 3 heteroatoms. The van der Waals surface area contributed by atoms with Crippen LogP contribution in [0.1, 0.15) is 22.3 Å². The maximum absolute atomic E-state index is 13.2. The van der Waals surface area contributed by atoms with Gasteiger partial charge in [0.05, 0.1) is 0 Å². The highest BCUT2D eigenvalue weighted by Gasteiger charge is 2.03. The predicted molar refractivity (Wildman–Crippen MR) is 80.6 cm³/mol. The van der Waals surface area contributed by atoms with Crippen LogP contribution in [0.3, 0.4) is 0 Å². The van der Waals surface area contributed by atoms with Crippen molar-refractivity contribution in [3.8, 4) is 0 Å². The maximum Gasteiger partial charge on any atom is 0.123 e. The predicted octanol–water partition coefficient (Wildman–Crippen LogP) is 4.49. The van der Waals surface area contributed by atoms with Crippen LogP contribution in [-0.2, 0) is 13.1 Å². The van der Waals surface area contributed by atoms with Crippen molar-refractivity contribution in [2.45, 2.75) is 26.9 Å². The van der Waals surface area contributed by atoms with Gasteiger partial charge in [-0.2, -0.15) is 0 Å². The molecule has 0 aromatic heterocycles. The van der Waals surface area contributed by atoms with Gasteiger partial charge in [-0.25, -0.2) is 4.39 Å². The third-order valence-electron chi connectivity index (χ3n) is 3.14. The summed E-state index contributed by atoms with van der Waals surface area (Å²) in [5, 5.41) is 3.35. The highest BCUT2D eigenvalue weighted by Crippen LogP contribution is 2.18. The van der Waals surface area contributed by atoms with E-state index in [0.717, 1.165) is 16.6 Å². The molecular weight excluding hydrogens is 305 g/mol. The summed E-state index contributed by atoms with van der Waals surface area (Å²) in [7, 11) is 0. The SMILES string of the molecule is Cc1ccc(CNCc2cc(F)ccc2Br)c(C)c1. The van der Waals surface area contributed by atoms with Crippen LogP contribution in [-0.4, -0.2) is 0 Å². The van der Waals surface area contributed by atoms with Gasteiger partial charge < -0.3 is 5.32 Å². The molecular formula is C16H17BrFN. The fourth-order valence-corrected chi connectivity index (χ4v) is 2.44. The molecule has 1 N–H and O–H groups in total. The molecule has 0 heterocycles. The third-order valence-corrected chi connectivity index (χ3v) is 3.91. The number of nitrogens with one attached hydrogen (secondary N) is 1. The van der Waals surface area contributed by atoms with Gasteiger partial charge in [-0.1, -0.05) is 39.7 Å². The van der Waals surface area contributed by atoms with E-state index in [4.69, 9.17) is 0 Å². The molecule has 0 saturated carbocycles. The van der Waals surface area contributed by atoms with Crippen molar-refractivity contribution in [2.24, 2.45) is 0 Å². The summed E-state index contributed by atoms with van der Waals surface area (Å²) < 4.78 is 14.1. The van der Waals surface area contributed by atoms with Crippen LogP contribution >= 0.6 is 15.9 Å². The second-order valence-corrected chi connectivity index (χ2v) is 5.62. The number of rotatable bonds is 4. The summed E-state index contributed by atoms with van der Waals surface area (Å²) in [6.45, 7) is 5.64. The molecule has 19 heavy (non-hydrogen) atoms. The molecule has 0 spiro atoms. The van der Waals surface area contributed by atoms with Gasteiger partial charge in [-0.05, 0) is 48.7 Å². The van der Waals surface area contributed by atoms with Crippen molar-refractivity contribution < 1.29 is 4.39 Å². The minimum absolute atomic E-state index is 0.202. The Kier molecular flexibility index (Phi) is 4.72. The first-order valence-electron chi connectivity index (χ1n) is 6.27. The minimum atomic E-state index is -0.202. The number of hydrogen-bond acceptors (Lipinski definition) is 1. The summed E-state index contributed by atoms with van der Waals surface area (Å²) in [5.41, 5.74) is 4.77. The monoisotopic (exact) mass is 321 g/mol.